The van der Waals surface area contributed by atoms with Crippen LogP contribution < -0.4 is 0 Å². The second kappa shape index (κ2) is 12.2. The normalized spacial score (nSPS) is 11.3. The van der Waals surface area contributed by atoms with Crippen LogP contribution in [-0.4, -0.2) is 19.5 Å². The highest BCUT2D eigenvalue weighted by Crippen LogP contribution is 2.39. The lowest BCUT2D eigenvalue weighted by Gasteiger charge is -2.17. The Morgan fingerprint density at radius 1 is 0.286 bits per heavy atom. The first-order valence-electron chi connectivity index (χ1n) is 16.5. The Bertz CT molecular complexity index is 2530. The van der Waals surface area contributed by atoms with E-state index in [1.54, 1.807) is 0 Å². The van der Waals surface area contributed by atoms with E-state index in [1.807, 2.05) is 36.4 Å². The van der Waals surface area contributed by atoms with E-state index in [1.165, 1.54) is 27.4 Å². The maximum Gasteiger partial charge on any atom is 0.164 e. The Morgan fingerprint density at radius 3 is 1.33 bits per heavy atom. The molecular weight excluding hydrogens is 597 g/mol. The number of fused-ring (bicyclic) bond motifs is 3. The largest absolute Gasteiger partial charge is 0.309 e. The second-order valence-corrected chi connectivity index (χ2v) is 12.0. The number of hydrogen-bond acceptors (Lipinski definition) is 3. The molecule has 230 valence electrons. The molecule has 0 fully saturated rings. The van der Waals surface area contributed by atoms with Crippen molar-refractivity contribution in [3.05, 3.63) is 182 Å². The highest BCUT2D eigenvalue weighted by molar-refractivity contribution is 6.09. The SMILES string of the molecule is c1ccc(-c2ccc(-c3nc(-c4ccccc4)nc(-c4ccccc4-c4ccccc4-n4c5ccccc5c5ccccc54)n3)cc2)cc1. The topological polar surface area (TPSA) is 43.6 Å². The molecule has 0 saturated heterocycles. The lowest BCUT2D eigenvalue weighted by atomic mass is 9.97. The molecule has 0 spiro atoms. The second-order valence-electron chi connectivity index (χ2n) is 12.0. The summed E-state index contributed by atoms with van der Waals surface area (Å²) in [5, 5.41) is 2.46. The van der Waals surface area contributed by atoms with Gasteiger partial charge in [-0.15, -0.1) is 0 Å². The molecule has 0 radical (unpaired) electrons. The molecule has 0 bridgehead atoms. The summed E-state index contributed by atoms with van der Waals surface area (Å²) in [6.45, 7) is 0. The van der Waals surface area contributed by atoms with Gasteiger partial charge in [-0.05, 0) is 34.9 Å². The third kappa shape index (κ3) is 5.16. The molecular formula is C45H30N4. The Hall–Kier alpha value is -6.65. The van der Waals surface area contributed by atoms with Gasteiger partial charge in [-0.3, -0.25) is 0 Å². The van der Waals surface area contributed by atoms with Gasteiger partial charge in [0.2, 0.25) is 0 Å². The van der Waals surface area contributed by atoms with Crippen molar-refractivity contribution in [3.8, 4) is 62.1 Å². The summed E-state index contributed by atoms with van der Waals surface area (Å²) in [7, 11) is 0. The number of rotatable bonds is 6. The van der Waals surface area contributed by atoms with Crippen LogP contribution in [0.3, 0.4) is 0 Å². The summed E-state index contributed by atoms with van der Waals surface area (Å²) in [6.07, 6.45) is 0. The number of nitrogens with zero attached hydrogens (tertiary/aromatic N) is 4. The minimum Gasteiger partial charge on any atom is -0.309 e. The van der Waals surface area contributed by atoms with E-state index < -0.39 is 0 Å². The number of hydrogen-bond donors (Lipinski definition) is 0. The van der Waals surface area contributed by atoms with Gasteiger partial charge in [0, 0.05) is 33.0 Å². The van der Waals surface area contributed by atoms with Crippen LogP contribution in [0.2, 0.25) is 0 Å². The fourth-order valence-corrected chi connectivity index (χ4v) is 6.78. The van der Waals surface area contributed by atoms with E-state index in [2.05, 4.69) is 150 Å². The fraction of sp³-hybridized carbons (Fsp3) is 0. The first kappa shape index (κ1) is 28.6. The standard InChI is InChI=1S/C45H30N4/c1-3-15-31(16-4-1)32-27-29-34(30-28-32)44-46-43(33-17-5-2-6-18-33)47-45(48-44)39-23-8-7-19-35(39)36-20-9-12-24-40(36)49-41-25-13-10-21-37(41)38-22-11-14-26-42(38)49/h1-30H. The predicted molar refractivity (Wildman–Crippen MR) is 201 cm³/mol. The van der Waals surface area contributed by atoms with Gasteiger partial charge in [-0.25, -0.2) is 15.0 Å². The van der Waals surface area contributed by atoms with Crippen molar-refractivity contribution < 1.29 is 0 Å². The van der Waals surface area contributed by atoms with E-state index in [0.717, 1.165) is 39.1 Å². The van der Waals surface area contributed by atoms with E-state index in [4.69, 9.17) is 15.0 Å². The van der Waals surface area contributed by atoms with Crippen molar-refractivity contribution in [3.63, 3.8) is 0 Å². The van der Waals surface area contributed by atoms with Crippen molar-refractivity contribution in [2.45, 2.75) is 0 Å². The average molecular weight is 627 g/mol. The highest BCUT2D eigenvalue weighted by Gasteiger charge is 2.19. The smallest absolute Gasteiger partial charge is 0.164 e. The lowest BCUT2D eigenvalue weighted by Crippen LogP contribution is -2.02. The van der Waals surface area contributed by atoms with Crippen LogP contribution in [0.5, 0.6) is 0 Å². The number of para-hydroxylation sites is 3. The van der Waals surface area contributed by atoms with Gasteiger partial charge < -0.3 is 4.57 Å². The summed E-state index contributed by atoms with van der Waals surface area (Å²) in [5.74, 6) is 1.90. The van der Waals surface area contributed by atoms with Crippen molar-refractivity contribution in [2.75, 3.05) is 0 Å². The molecule has 2 aromatic heterocycles. The van der Waals surface area contributed by atoms with Crippen LogP contribution in [0, 0.1) is 0 Å². The Kier molecular flexibility index (Phi) is 7.10. The molecule has 7 aromatic carbocycles. The molecule has 0 aliphatic carbocycles. The maximum absolute atomic E-state index is 5.15. The van der Waals surface area contributed by atoms with Gasteiger partial charge in [-0.1, -0.05) is 164 Å². The van der Waals surface area contributed by atoms with Gasteiger partial charge >= 0.3 is 0 Å². The van der Waals surface area contributed by atoms with Crippen LogP contribution in [0.1, 0.15) is 0 Å². The van der Waals surface area contributed by atoms with E-state index >= 15 is 0 Å². The van der Waals surface area contributed by atoms with Crippen molar-refractivity contribution in [1.82, 2.24) is 19.5 Å². The molecule has 0 unspecified atom stereocenters. The molecule has 0 N–H and O–H groups in total. The monoisotopic (exact) mass is 626 g/mol. The van der Waals surface area contributed by atoms with Gasteiger partial charge in [0.15, 0.2) is 17.5 Å². The molecule has 0 saturated carbocycles. The zero-order chi connectivity index (χ0) is 32.6. The van der Waals surface area contributed by atoms with Crippen LogP contribution in [0.15, 0.2) is 182 Å². The summed E-state index contributed by atoms with van der Waals surface area (Å²) >= 11 is 0. The molecule has 9 rings (SSSR count). The van der Waals surface area contributed by atoms with Crippen LogP contribution >= 0.6 is 0 Å². The molecule has 49 heavy (non-hydrogen) atoms. The quantitative estimate of drug-likeness (QED) is 0.184. The Labute approximate surface area is 284 Å². The number of benzene rings is 7. The highest BCUT2D eigenvalue weighted by atomic mass is 15.0. The third-order valence-electron chi connectivity index (χ3n) is 9.10. The lowest BCUT2D eigenvalue weighted by molar-refractivity contribution is 1.07. The van der Waals surface area contributed by atoms with Gasteiger partial charge in [0.25, 0.3) is 0 Å². The Balaban J connectivity index is 1.23. The maximum atomic E-state index is 5.15. The zero-order valence-electron chi connectivity index (χ0n) is 26.6. The first-order chi connectivity index (χ1) is 24.3. The van der Waals surface area contributed by atoms with Crippen molar-refractivity contribution >= 4 is 21.8 Å². The summed E-state index contributed by atoms with van der Waals surface area (Å²) in [6, 6.07) is 63.3. The molecule has 0 aliphatic heterocycles. The van der Waals surface area contributed by atoms with E-state index in [-0.39, 0.29) is 0 Å². The molecule has 0 amide bonds. The molecule has 4 nitrogen and oxygen atoms in total. The molecule has 0 aliphatic rings. The van der Waals surface area contributed by atoms with Crippen molar-refractivity contribution in [2.24, 2.45) is 0 Å². The van der Waals surface area contributed by atoms with Gasteiger partial charge in [-0.2, -0.15) is 0 Å². The van der Waals surface area contributed by atoms with Gasteiger partial charge in [0.05, 0.1) is 16.7 Å². The molecule has 9 aromatic rings. The summed E-state index contributed by atoms with van der Waals surface area (Å²) in [4.78, 5) is 15.3. The third-order valence-corrected chi connectivity index (χ3v) is 9.10. The van der Waals surface area contributed by atoms with Crippen LogP contribution in [-0.2, 0) is 0 Å². The van der Waals surface area contributed by atoms with Crippen LogP contribution in [0.25, 0.3) is 83.9 Å². The zero-order valence-corrected chi connectivity index (χ0v) is 26.6. The van der Waals surface area contributed by atoms with Gasteiger partial charge in [0.1, 0.15) is 0 Å². The average Bonchev–Trinajstić information content (AvgIpc) is 3.53. The minimum atomic E-state index is 0.628. The number of aromatic nitrogens is 4. The van der Waals surface area contributed by atoms with E-state index in [9.17, 15) is 0 Å². The predicted octanol–water partition coefficient (Wildman–Crippen LogP) is 11.3. The van der Waals surface area contributed by atoms with E-state index in [0.29, 0.717) is 17.5 Å². The molecule has 0 atom stereocenters. The Morgan fingerprint density at radius 2 is 0.694 bits per heavy atom. The van der Waals surface area contributed by atoms with Crippen LogP contribution in [0.4, 0.5) is 0 Å². The molecule has 2 heterocycles. The molecule has 4 heteroatoms. The first-order valence-corrected chi connectivity index (χ1v) is 16.5. The summed E-state index contributed by atoms with van der Waals surface area (Å²) < 4.78 is 2.37. The fourth-order valence-electron chi connectivity index (χ4n) is 6.78. The minimum absolute atomic E-state index is 0.628. The summed E-state index contributed by atoms with van der Waals surface area (Å²) in [5.41, 5.74) is 10.7. The van der Waals surface area contributed by atoms with Crippen molar-refractivity contribution in [1.29, 1.82) is 0 Å².